The second-order valence-corrected chi connectivity index (χ2v) is 6.36. The molecule has 0 aliphatic rings. The summed E-state index contributed by atoms with van der Waals surface area (Å²) in [6.45, 7) is 10.1. The third kappa shape index (κ3) is 4.39. The van der Waals surface area contributed by atoms with Crippen LogP contribution in [0, 0.1) is 5.92 Å². The Balaban J connectivity index is 3.19. The van der Waals surface area contributed by atoms with Crippen molar-refractivity contribution in [1.29, 1.82) is 0 Å². The first kappa shape index (κ1) is 16.8. The fourth-order valence-corrected chi connectivity index (χ4v) is 3.50. The predicted molar refractivity (Wildman–Crippen MR) is 90.6 cm³/mol. The monoisotopic (exact) mass is 345 g/mol. The summed E-state index contributed by atoms with van der Waals surface area (Å²) in [4.78, 5) is 2.53. The minimum atomic E-state index is 0.582. The summed E-state index contributed by atoms with van der Waals surface area (Å²) >= 11 is 9.92. The van der Waals surface area contributed by atoms with Crippen LogP contribution in [0.15, 0.2) is 18.2 Å². The molecule has 108 valence electrons. The zero-order valence-electron chi connectivity index (χ0n) is 12.4. The number of hydrogen-bond acceptors (Lipinski definition) is 1. The molecule has 0 aliphatic heterocycles. The van der Waals surface area contributed by atoms with Gasteiger partial charge in [0.25, 0.3) is 0 Å². The predicted octanol–water partition coefficient (Wildman–Crippen LogP) is 5.89. The maximum atomic E-state index is 6.34. The summed E-state index contributed by atoms with van der Waals surface area (Å²) in [6, 6.07) is 6.81. The summed E-state index contributed by atoms with van der Waals surface area (Å²) in [6.07, 6.45) is 2.33. The molecule has 0 saturated carbocycles. The van der Waals surface area contributed by atoms with E-state index < -0.39 is 0 Å². The second-order valence-electron chi connectivity index (χ2n) is 5.39. The van der Waals surface area contributed by atoms with Crippen LogP contribution >= 0.6 is 27.5 Å². The molecule has 0 spiro atoms. The van der Waals surface area contributed by atoms with E-state index in [2.05, 4.69) is 60.7 Å². The minimum Gasteiger partial charge on any atom is -0.368 e. The molecule has 0 N–H and O–H groups in total. The molecule has 1 rings (SSSR count). The average molecular weight is 347 g/mol. The Kier molecular flexibility index (Phi) is 7.23. The van der Waals surface area contributed by atoms with Crippen molar-refractivity contribution in [2.24, 2.45) is 5.92 Å². The van der Waals surface area contributed by atoms with Crippen molar-refractivity contribution in [2.45, 2.75) is 51.9 Å². The molecule has 0 aliphatic carbocycles. The normalized spacial score (nSPS) is 11.4. The van der Waals surface area contributed by atoms with Crippen LogP contribution in [-0.2, 0) is 5.33 Å². The highest BCUT2D eigenvalue weighted by atomic mass is 79.9. The molecule has 19 heavy (non-hydrogen) atoms. The first-order chi connectivity index (χ1) is 9.04. The molecule has 1 nitrogen and oxygen atoms in total. The van der Waals surface area contributed by atoms with Gasteiger partial charge in [-0.1, -0.05) is 61.3 Å². The van der Waals surface area contributed by atoms with E-state index in [-0.39, 0.29) is 0 Å². The maximum Gasteiger partial charge on any atom is 0.0467 e. The zero-order chi connectivity index (χ0) is 14.4. The third-order valence-corrected chi connectivity index (χ3v) is 4.40. The van der Waals surface area contributed by atoms with Gasteiger partial charge in [-0.15, -0.1) is 0 Å². The van der Waals surface area contributed by atoms with Gasteiger partial charge in [-0.2, -0.15) is 0 Å². The van der Waals surface area contributed by atoms with E-state index in [1.165, 1.54) is 11.3 Å². The van der Waals surface area contributed by atoms with Crippen LogP contribution in [0.2, 0.25) is 5.02 Å². The molecule has 0 fully saturated rings. The highest BCUT2D eigenvalue weighted by Gasteiger charge is 2.20. The van der Waals surface area contributed by atoms with Crippen molar-refractivity contribution >= 4 is 33.2 Å². The SMILES string of the molecule is CCC(CC)N(CC(C)C)c1cccc(Cl)c1CBr. The van der Waals surface area contributed by atoms with Crippen LogP contribution in [0.4, 0.5) is 5.69 Å². The smallest absolute Gasteiger partial charge is 0.0467 e. The standard InChI is InChI=1S/C16H25BrClN/c1-5-13(6-2)19(11-12(3)4)16-9-7-8-15(18)14(16)10-17/h7-9,12-13H,5-6,10-11H2,1-4H3. The fourth-order valence-electron chi connectivity index (χ4n) is 2.52. The van der Waals surface area contributed by atoms with E-state index in [1.807, 2.05) is 6.07 Å². The number of halogens is 2. The molecule has 3 heteroatoms. The number of alkyl halides is 1. The summed E-state index contributed by atoms with van der Waals surface area (Å²) in [5, 5.41) is 1.66. The molecule has 0 saturated heterocycles. The van der Waals surface area contributed by atoms with Crippen LogP contribution < -0.4 is 4.90 Å². The van der Waals surface area contributed by atoms with Gasteiger partial charge >= 0.3 is 0 Å². The molecule has 1 aromatic carbocycles. The van der Waals surface area contributed by atoms with Gasteiger partial charge in [0, 0.05) is 34.2 Å². The number of nitrogens with zero attached hydrogens (tertiary/aromatic N) is 1. The lowest BCUT2D eigenvalue weighted by Crippen LogP contribution is -2.38. The van der Waals surface area contributed by atoms with Crippen molar-refractivity contribution in [3.63, 3.8) is 0 Å². The van der Waals surface area contributed by atoms with E-state index >= 15 is 0 Å². The Morgan fingerprint density at radius 3 is 2.32 bits per heavy atom. The molecule has 0 atom stereocenters. The summed E-state index contributed by atoms with van der Waals surface area (Å²) in [5.41, 5.74) is 2.49. The molecule has 0 unspecified atom stereocenters. The highest BCUT2D eigenvalue weighted by Crippen LogP contribution is 2.32. The number of anilines is 1. The topological polar surface area (TPSA) is 3.24 Å². The van der Waals surface area contributed by atoms with Crippen molar-refractivity contribution in [2.75, 3.05) is 11.4 Å². The van der Waals surface area contributed by atoms with Gasteiger partial charge in [0.15, 0.2) is 0 Å². The Morgan fingerprint density at radius 1 is 1.21 bits per heavy atom. The van der Waals surface area contributed by atoms with E-state index in [1.54, 1.807) is 0 Å². The van der Waals surface area contributed by atoms with Gasteiger partial charge in [-0.05, 0) is 30.9 Å². The first-order valence-corrected chi connectivity index (χ1v) is 8.64. The maximum absolute atomic E-state index is 6.34. The van der Waals surface area contributed by atoms with Crippen molar-refractivity contribution in [1.82, 2.24) is 0 Å². The molecule has 1 aromatic rings. The summed E-state index contributed by atoms with van der Waals surface area (Å²) < 4.78 is 0. The zero-order valence-corrected chi connectivity index (χ0v) is 14.8. The Bertz CT molecular complexity index is 388. The van der Waals surface area contributed by atoms with E-state index in [0.29, 0.717) is 12.0 Å². The molecular weight excluding hydrogens is 322 g/mol. The lowest BCUT2D eigenvalue weighted by Gasteiger charge is -2.35. The molecule has 0 bridgehead atoms. The van der Waals surface area contributed by atoms with Crippen LogP contribution in [-0.4, -0.2) is 12.6 Å². The molecule has 0 heterocycles. The summed E-state index contributed by atoms with van der Waals surface area (Å²) in [7, 11) is 0. The van der Waals surface area contributed by atoms with Gasteiger partial charge in [-0.3, -0.25) is 0 Å². The lowest BCUT2D eigenvalue weighted by molar-refractivity contribution is 0.507. The average Bonchev–Trinajstić information content (AvgIpc) is 2.38. The third-order valence-electron chi connectivity index (χ3n) is 3.48. The fraction of sp³-hybridized carbons (Fsp3) is 0.625. The Hall–Kier alpha value is -0.210. The quantitative estimate of drug-likeness (QED) is 0.557. The number of hydrogen-bond donors (Lipinski definition) is 0. The van der Waals surface area contributed by atoms with Gasteiger partial charge in [0.05, 0.1) is 0 Å². The van der Waals surface area contributed by atoms with E-state index in [4.69, 9.17) is 11.6 Å². The van der Waals surface area contributed by atoms with Crippen LogP contribution in [0.5, 0.6) is 0 Å². The van der Waals surface area contributed by atoms with Gasteiger partial charge in [0.1, 0.15) is 0 Å². The van der Waals surface area contributed by atoms with E-state index in [0.717, 1.165) is 29.7 Å². The Morgan fingerprint density at radius 2 is 1.84 bits per heavy atom. The summed E-state index contributed by atoms with van der Waals surface area (Å²) in [5.74, 6) is 0.641. The van der Waals surface area contributed by atoms with Crippen molar-refractivity contribution in [3.8, 4) is 0 Å². The number of rotatable bonds is 7. The highest BCUT2D eigenvalue weighted by molar-refractivity contribution is 9.08. The number of benzene rings is 1. The first-order valence-electron chi connectivity index (χ1n) is 7.15. The minimum absolute atomic E-state index is 0.582. The van der Waals surface area contributed by atoms with Gasteiger partial charge < -0.3 is 4.90 Å². The van der Waals surface area contributed by atoms with Gasteiger partial charge in [0.2, 0.25) is 0 Å². The molecule has 0 radical (unpaired) electrons. The van der Waals surface area contributed by atoms with E-state index in [9.17, 15) is 0 Å². The van der Waals surface area contributed by atoms with Crippen LogP contribution in [0.25, 0.3) is 0 Å². The molecule has 0 aromatic heterocycles. The van der Waals surface area contributed by atoms with Crippen LogP contribution in [0.3, 0.4) is 0 Å². The van der Waals surface area contributed by atoms with Crippen molar-refractivity contribution < 1.29 is 0 Å². The van der Waals surface area contributed by atoms with Gasteiger partial charge in [-0.25, -0.2) is 0 Å². The van der Waals surface area contributed by atoms with Crippen LogP contribution in [0.1, 0.15) is 46.1 Å². The second kappa shape index (κ2) is 8.16. The largest absolute Gasteiger partial charge is 0.368 e. The lowest BCUT2D eigenvalue weighted by atomic mass is 10.0. The van der Waals surface area contributed by atoms with Crippen molar-refractivity contribution in [3.05, 3.63) is 28.8 Å². The molecule has 0 amide bonds. The Labute approximate surface area is 131 Å². The molecular formula is C16H25BrClN.